The van der Waals surface area contributed by atoms with E-state index in [2.05, 4.69) is 5.32 Å². The van der Waals surface area contributed by atoms with Crippen LogP contribution in [0.2, 0.25) is 5.02 Å². The first kappa shape index (κ1) is 15.4. The molecule has 0 aliphatic carbocycles. The molecule has 0 saturated carbocycles. The molecule has 0 aliphatic heterocycles. The Morgan fingerprint density at radius 3 is 2.38 bits per heavy atom. The third-order valence-electron chi connectivity index (χ3n) is 3.29. The lowest BCUT2D eigenvalue weighted by Crippen LogP contribution is -2.25. The lowest BCUT2D eigenvalue weighted by molar-refractivity contribution is -0.121. The van der Waals surface area contributed by atoms with Crippen molar-refractivity contribution in [1.29, 1.82) is 0 Å². The lowest BCUT2D eigenvalue weighted by Gasteiger charge is -2.07. The van der Waals surface area contributed by atoms with Gasteiger partial charge in [0.2, 0.25) is 5.91 Å². The van der Waals surface area contributed by atoms with Gasteiger partial charge < -0.3 is 10.4 Å². The monoisotopic (exact) mass is 303 g/mol. The van der Waals surface area contributed by atoms with E-state index in [-0.39, 0.29) is 11.7 Å². The van der Waals surface area contributed by atoms with E-state index in [0.717, 1.165) is 11.1 Å². The van der Waals surface area contributed by atoms with Crippen molar-refractivity contribution < 1.29 is 9.90 Å². The van der Waals surface area contributed by atoms with Gasteiger partial charge in [-0.05, 0) is 36.1 Å². The number of hydrogen-bond donors (Lipinski definition) is 2. The summed E-state index contributed by atoms with van der Waals surface area (Å²) in [5.74, 6) is 0.258. The van der Waals surface area contributed by atoms with Crippen molar-refractivity contribution in [2.45, 2.75) is 19.3 Å². The Kier molecular flexibility index (Phi) is 5.64. The summed E-state index contributed by atoms with van der Waals surface area (Å²) in [7, 11) is 0. The molecule has 110 valence electrons. The van der Waals surface area contributed by atoms with E-state index in [9.17, 15) is 9.90 Å². The molecule has 0 spiro atoms. The van der Waals surface area contributed by atoms with E-state index in [1.807, 2.05) is 36.4 Å². The smallest absolute Gasteiger partial charge is 0.220 e. The number of carbonyl (C=O) groups is 1. The molecule has 0 atom stereocenters. The number of phenolic OH excluding ortho intramolecular Hbond substituents is 1. The SMILES string of the molecule is O=C(CCc1ccccc1Cl)NCCc1ccccc1O. The summed E-state index contributed by atoms with van der Waals surface area (Å²) < 4.78 is 0. The average molecular weight is 304 g/mol. The van der Waals surface area contributed by atoms with Gasteiger partial charge in [-0.3, -0.25) is 4.79 Å². The van der Waals surface area contributed by atoms with Crippen molar-refractivity contribution >= 4 is 17.5 Å². The van der Waals surface area contributed by atoms with Gasteiger partial charge in [-0.1, -0.05) is 48.0 Å². The molecule has 0 unspecified atom stereocenters. The van der Waals surface area contributed by atoms with Crippen LogP contribution in [0.15, 0.2) is 48.5 Å². The predicted molar refractivity (Wildman–Crippen MR) is 84.6 cm³/mol. The van der Waals surface area contributed by atoms with E-state index in [4.69, 9.17) is 11.6 Å². The number of phenols is 1. The van der Waals surface area contributed by atoms with E-state index in [0.29, 0.717) is 30.8 Å². The van der Waals surface area contributed by atoms with Crippen LogP contribution in [-0.4, -0.2) is 17.6 Å². The van der Waals surface area contributed by atoms with Gasteiger partial charge in [0.25, 0.3) is 0 Å². The largest absolute Gasteiger partial charge is 0.508 e. The van der Waals surface area contributed by atoms with E-state index >= 15 is 0 Å². The van der Waals surface area contributed by atoms with Crippen LogP contribution in [0.5, 0.6) is 5.75 Å². The fourth-order valence-corrected chi connectivity index (χ4v) is 2.33. The first-order chi connectivity index (χ1) is 10.2. The van der Waals surface area contributed by atoms with Crippen molar-refractivity contribution in [3.05, 3.63) is 64.7 Å². The molecule has 0 radical (unpaired) electrons. The molecule has 2 aromatic carbocycles. The number of nitrogens with one attached hydrogen (secondary N) is 1. The summed E-state index contributed by atoms with van der Waals surface area (Å²) >= 11 is 6.05. The van der Waals surface area contributed by atoms with Gasteiger partial charge in [0.15, 0.2) is 0 Å². The minimum absolute atomic E-state index is 0.00894. The van der Waals surface area contributed by atoms with Crippen molar-refractivity contribution in [2.24, 2.45) is 0 Å². The molecule has 2 rings (SSSR count). The van der Waals surface area contributed by atoms with Crippen LogP contribution in [0.3, 0.4) is 0 Å². The van der Waals surface area contributed by atoms with Crippen LogP contribution in [0.25, 0.3) is 0 Å². The molecule has 4 heteroatoms. The number of amides is 1. The highest BCUT2D eigenvalue weighted by Gasteiger charge is 2.05. The van der Waals surface area contributed by atoms with Crippen molar-refractivity contribution in [2.75, 3.05) is 6.54 Å². The molecular weight excluding hydrogens is 286 g/mol. The predicted octanol–water partition coefficient (Wildman–Crippen LogP) is 3.34. The average Bonchev–Trinajstić information content (AvgIpc) is 2.48. The Balaban J connectivity index is 1.73. The van der Waals surface area contributed by atoms with Gasteiger partial charge in [-0.15, -0.1) is 0 Å². The number of para-hydroxylation sites is 1. The summed E-state index contributed by atoms with van der Waals surface area (Å²) in [5, 5.41) is 13.2. The van der Waals surface area contributed by atoms with Crippen LogP contribution in [0, 0.1) is 0 Å². The molecule has 21 heavy (non-hydrogen) atoms. The second kappa shape index (κ2) is 7.70. The first-order valence-electron chi connectivity index (χ1n) is 6.94. The first-order valence-corrected chi connectivity index (χ1v) is 7.31. The van der Waals surface area contributed by atoms with Crippen LogP contribution < -0.4 is 5.32 Å². The van der Waals surface area contributed by atoms with Gasteiger partial charge >= 0.3 is 0 Å². The third-order valence-corrected chi connectivity index (χ3v) is 3.66. The summed E-state index contributed by atoms with van der Waals surface area (Å²) in [5.41, 5.74) is 1.82. The molecule has 0 aliphatic rings. The zero-order valence-corrected chi connectivity index (χ0v) is 12.4. The Morgan fingerprint density at radius 1 is 1.00 bits per heavy atom. The number of benzene rings is 2. The van der Waals surface area contributed by atoms with Gasteiger partial charge in [-0.2, -0.15) is 0 Å². The van der Waals surface area contributed by atoms with E-state index in [1.165, 1.54) is 0 Å². The highest BCUT2D eigenvalue weighted by Crippen LogP contribution is 2.17. The van der Waals surface area contributed by atoms with Crippen LogP contribution in [-0.2, 0) is 17.6 Å². The zero-order valence-electron chi connectivity index (χ0n) is 11.7. The van der Waals surface area contributed by atoms with Crippen molar-refractivity contribution in [3.8, 4) is 5.75 Å². The van der Waals surface area contributed by atoms with Crippen molar-refractivity contribution in [1.82, 2.24) is 5.32 Å². The fourth-order valence-electron chi connectivity index (χ4n) is 2.10. The van der Waals surface area contributed by atoms with Gasteiger partial charge in [0, 0.05) is 18.0 Å². The third kappa shape index (κ3) is 4.80. The molecule has 1 amide bonds. The van der Waals surface area contributed by atoms with Gasteiger partial charge in [0.1, 0.15) is 5.75 Å². The molecule has 0 bridgehead atoms. The summed E-state index contributed by atoms with van der Waals surface area (Å²) in [6.45, 7) is 0.513. The Morgan fingerprint density at radius 2 is 1.67 bits per heavy atom. The number of aromatic hydroxyl groups is 1. The molecule has 0 saturated heterocycles. The number of rotatable bonds is 6. The maximum absolute atomic E-state index is 11.8. The number of hydrogen-bond acceptors (Lipinski definition) is 2. The second-order valence-corrected chi connectivity index (χ2v) is 5.23. The fraction of sp³-hybridized carbons (Fsp3) is 0.235. The molecule has 0 aromatic heterocycles. The van der Waals surface area contributed by atoms with E-state index in [1.54, 1.807) is 12.1 Å². The normalized spacial score (nSPS) is 10.3. The van der Waals surface area contributed by atoms with Crippen LogP contribution >= 0.6 is 11.6 Å². The number of aryl methyl sites for hydroxylation is 1. The molecular formula is C17H18ClNO2. The summed E-state index contributed by atoms with van der Waals surface area (Å²) in [6, 6.07) is 14.7. The van der Waals surface area contributed by atoms with Crippen molar-refractivity contribution in [3.63, 3.8) is 0 Å². The minimum atomic E-state index is -0.00894. The van der Waals surface area contributed by atoms with E-state index < -0.39 is 0 Å². The number of carbonyl (C=O) groups excluding carboxylic acids is 1. The quantitative estimate of drug-likeness (QED) is 0.860. The molecule has 3 nitrogen and oxygen atoms in total. The topological polar surface area (TPSA) is 49.3 Å². The highest BCUT2D eigenvalue weighted by atomic mass is 35.5. The Bertz CT molecular complexity index is 613. The Labute approximate surface area is 129 Å². The maximum atomic E-state index is 11.8. The van der Waals surface area contributed by atoms with Crippen LogP contribution in [0.4, 0.5) is 0 Å². The number of halogens is 1. The Hall–Kier alpha value is -2.00. The zero-order chi connectivity index (χ0) is 15.1. The standard InChI is InChI=1S/C17H18ClNO2/c18-15-7-3-1-5-13(15)9-10-17(21)19-12-11-14-6-2-4-8-16(14)20/h1-8,20H,9-12H2,(H,19,21). The maximum Gasteiger partial charge on any atom is 0.220 e. The molecule has 2 N–H and O–H groups in total. The second-order valence-electron chi connectivity index (χ2n) is 4.82. The van der Waals surface area contributed by atoms with Crippen LogP contribution in [0.1, 0.15) is 17.5 Å². The van der Waals surface area contributed by atoms with Gasteiger partial charge in [0.05, 0.1) is 0 Å². The molecule has 0 fully saturated rings. The lowest BCUT2D eigenvalue weighted by atomic mass is 10.1. The summed E-state index contributed by atoms with van der Waals surface area (Å²) in [6.07, 6.45) is 1.65. The summed E-state index contributed by atoms with van der Waals surface area (Å²) in [4.78, 5) is 11.8. The minimum Gasteiger partial charge on any atom is -0.508 e. The molecule has 0 heterocycles. The molecule has 2 aromatic rings. The van der Waals surface area contributed by atoms with Gasteiger partial charge in [-0.25, -0.2) is 0 Å². The highest BCUT2D eigenvalue weighted by molar-refractivity contribution is 6.31.